The van der Waals surface area contributed by atoms with Gasteiger partial charge in [-0.15, -0.1) is 11.8 Å². The van der Waals surface area contributed by atoms with Gasteiger partial charge in [0.1, 0.15) is 0 Å². The van der Waals surface area contributed by atoms with E-state index < -0.39 is 0 Å². The number of hydrogen-bond donors (Lipinski definition) is 1. The summed E-state index contributed by atoms with van der Waals surface area (Å²) in [6.45, 7) is 11.6. The molecule has 0 saturated heterocycles. The molecule has 1 N–H and O–H groups in total. The molecule has 0 heterocycles. The summed E-state index contributed by atoms with van der Waals surface area (Å²) in [5, 5.41) is 10.5. The highest BCUT2D eigenvalue weighted by Crippen LogP contribution is 2.26. The minimum atomic E-state index is -0.383. The number of hydrogen-bond acceptors (Lipinski definition) is 3. The maximum absolute atomic E-state index is 10.5. The van der Waals surface area contributed by atoms with E-state index in [9.17, 15) is 5.11 Å². The van der Waals surface area contributed by atoms with Gasteiger partial charge in [-0.25, -0.2) is 0 Å². The number of aliphatic hydroxyl groups excluding tert-OH is 1. The number of thioether (sulfide) groups is 1. The van der Waals surface area contributed by atoms with Crippen molar-refractivity contribution >= 4 is 11.8 Å². The molecule has 1 aromatic rings. The molecule has 126 valence electrons. The van der Waals surface area contributed by atoms with Crippen molar-refractivity contribution in [3.8, 4) is 0 Å². The second-order valence-corrected chi connectivity index (χ2v) is 7.18. The van der Waals surface area contributed by atoms with Gasteiger partial charge in [0.05, 0.1) is 6.10 Å². The van der Waals surface area contributed by atoms with Crippen LogP contribution in [0, 0.1) is 6.92 Å². The fourth-order valence-corrected chi connectivity index (χ4v) is 3.75. The van der Waals surface area contributed by atoms with Crippen LogP contribution in [0.3, 0.4) is 0 Å². The van der Waals surface area contributed by atoms with Crippen molar-refractivity contribution in [1.82, 2.24) is 4.90 Å². The lowest BCUT2D eigenvalue weighted by Crippen LogP contribution is -2.30. The lowest BCUT2D eigenvalue weighted by Gasteiger charge is -2.24. The number of benzene rings is 1. The molecule has 0 aliphatic carbocycles. The summed E-state index contributed by atoms with van der Waals surface area (Å²) in [5.41, 5.74) is 2.34. The summed E-state index contributed by atoms with van der Waals surface area (Å²) < 4.78 is 0. The normalized spacial score (nSPS) is 12.8. The van der Waals surface area contributed by atoms with Crippen LogP contribution in [0.2, 0.25) is 0 Å². The number of rotatable bonds is 11. The van der Waals surface area contributed by atoms with Crippen molar-refractivity contribution in [3.63, 3.8) is 0 Å². The summed E-state index contributed by atoms with van der Waals surface area (Å²) in [5.74, 6) is 1.18. The number of nitrogens with zero attached hydrogens (tertiary/aromatic N) is 1. The molecule has 22 heavy (non-hydrogen) atoms. The first-order valence-corrected chi connectivity index (χ1v) is 9.74. The van der Waals surface area contributed by atoms with Crippen LogP contribution >= 0.6 is 11.8 Å². The molecule has 0 aromatic heterocycles. The monoisotopic (exact) mass is 323 g/mol. The van der Waals surface area contributed by atoms with Crippen molar-refractivity contribution in [2.75, 3.05) is 25.4 Å². The summed E-state index contributed by atoms with van der Waals surface area (Å²) >= 11 is 1.93. The summed E-state index contributed by atoms with van der Waals surface area (Å²) in [6.07, 6.45) is 4.40. The minimum absolute atomic E-state index is 0.383. The van der Waals surface area contributed by atoms with E-state index >= 15 is 0 Å². The third-order valence-electron chi connectivity index (χ3n) is 3.85. The van der Waals surface area contributed by atoms with Gasteiger partial charge in [-0.3, -0.25) is 0 Å². The second-order valence-electron chi connectivity index (χ2n) is 6.04. The van der Waals surface area contributed by atoms with Crippen molar-refractivity contribution in [2.45, 2.75) is 64.4 Å². The molecule has 0 aliphatic heterocycles. The van der Waals surface area contributed by atoms with Gasteiger partial charge >= 0.3 is 0 Å². The fraction of sp³-hybridized carbons (Fsp3) is 0.684. The SMILES string of the molecule is CCCCSc1ccc(C(O)CN(CCC)CCC)cc1C. The Kier molecular flexibility index (Phi) is 9.85. The van der Waals surface area contributed by atoms with Gasteiger partial charge in [-0.05, 0) is 62.2 Å². The van der Waals surface area contributed by atoms with E-state index in [2.05, 4.69) is 50.8 Å². The molecule has 0 aliphatic rings. The fourth-order valence-electron chi connectivity index (χ4n) is 2.65. The van der Waals surface area contributed by atoms with Crippen LogP contribution in [0.15, 0.2) is 23.1 Å². The van der Waals surface area contributed by atoms with Crippen LogP contribution in [0.25, 0.3) is 0 Å². The Morgan fingerprint density at radius 2 is 1.77 bits per heavy atom. The highest BCUT2D eigenvalue weighted by atomic mass is 32.2. The molecular weight excluding hydrogens is 290 g/mol. The maximum atomic E-state index is 10.5. The summed E-state index contributed by atoms with van der Waals surface area (Å²) in [7, 11) is 0. The number of aryl methyl sites for hydroxylation is 1. The van der Waals surface area contributed by atoms with Crippen molar-refractivity contribution < 1.29 is 5.11 Å². The number of unbranched alkanes of at least 4 members (excludes halogenated alkanes) is 1. The summed E-state index contributed by atoms with van der Waals surface area (Å²) in [4.78, 5) is 3.72. The largest absolute Gasteiger partial charge is 0.387 e. The highest BCUT2D eigenvalue weighted by Gasteiger charge is 2.13. The molecule has 0 saturated carbocycles. The van der Waals surface area contributed by atoms with Gasteiger partial charge in [0.15, 0.2) is 0 Å². The van der Waals surface area contributed by atoms with E-state index in [4.69, 9.17) is 0 Å². The van der Waals surface area contributed by atoms with E-state index in [0.29, 0.717) is 0 Å². The Morgan fingerprint density at radius 3 is 2.32 bits per heavy atom. The Morgan fingerprint density at radius 1 is 1.09 bits per heavy atom. The van der Waals surface area contributed by atoms with Crippen LogP contribution in [0.4, 0.5) is 0 Å². The van der Waals surface area contributed by atoms with Gasteiger partial charge < -0.3 is 10.0 Å². The van der Waals surface area contributed by atoms with Crippen LogP contribution in [0.1, 0.15) is 63.7 Å². The molecule has 0 amide bonds. The molecule has 1 atom stereocenters. The average Bonchev–Trinajstić information content (AvgIpc) is 2.49. The van der Waals surface area contributed by atoms with Gasteiger partial charge in [0.25, 0.3) is 0 Å². The van der Waals surface area contributed by atoms with Gasteiger partial charge in [0, 0.05) is 11.4 Å². The Labute approximate surface area is 141 Å². The summed E-state index contributed by atoms with van der Waals surface area (Å²) in [6, 6.07) is 6.44. The van der Waals surface area contributed by atoms with E-state index in [0.717, 1.165) is 38.0 Å². The Bertz CT molecular complexity index is 416. The van der Waals surface area contributed by atoms with E-state index in [-0.39, 0.29) is 6.10 Å². The molecule has 0 spiro atoms. The average molecular weight is 324 g/mol. The third-order valence-corrected chi connectivity index (χ3v) is 5.11. The van der Waals surface area contributed by atoms with Crippen molar-refractivity contribution in [1.29, 1.82) is 0 Å². The predicted octanol–water partition coefficient (Wildman–Crippen LogP) is 5.04. The molecule has 1 aromatic carbocycles. The first-order valence-electron chi connectivity index (χ1n) is 8.76. The maximum Gasteiger partial charge on any atom is 0.0917 e. The molecule has 0 radical (unpaired) electrons. The zero-order chi connectivity index (χ0) is 16.4. The van der Waals surface area contributed by atoms with Gasteiger partial charge in [0.2, 0.25) is 0 Å². The van der Waals surface area contributed by atoms with Gasteiger partial charge in [-0.1, -0.05) is 39.3 Å². The van der Waals surface area contributed by atoms with Crippen LogP contribution in [0.5, 0.6) is 0 Å². The quantitative estimate of drug-likeness (QED) is 0.456. The third kappa shape index (κ3) is 6.72. The van der Waals surface area contributed by atoms with Crippen molar-refractivity contribution in [2.24, 2.45) is 0 Å². The zero-order valence-corrected chi connectivity index (χ0v) is 15.6. The van der Waals surface area contributed by atoms with Crippen LogP contribution in [-0.2, 0) is 0 Å². The van der Waals surface area contributed by atoms with E-state index in [1.54, 1.807) is 0 Å². The van der Waals surface area contributed by atoms with E-state index in [1.807, 2.05) is 11.8 Å². The highest BCUT2D eigenvalue weighted by molar-refractivity contribution is 7.99. The van der Waals surface area contributed by atoms with Crippen molar-refractivity contribution in [3.05, 3.63) is 29.3 Å². The standard InChI is InChI=1S/C19H33NOS/c1-5-8-13-22-19-10-9-17(14-16(19)4)18(21)15-20(11-6-2)12-7-3/h9-10,14,18,21H,5-8,11-13,15H2,1-4H3. The van der Waals surface area contributed by atoms with Gasteiger partial charge in [-0.2, -0.15) is 0 Å². The lowest BCUT2D eigenvalue weighted by molar-refractivity contribution is 0.113. The topological polar surface area (TPSA) is 23.5 Å². The van der Waals surface area contributed by atoms with E-state index in [1.165, 1.54) is 29.1 Å². The smallest absolute Gasteiger partial charge is 0.0917 e. The molecule has 2 nitrogen and oxygen atoms in total. The molecule has 0 bridgehead atoms. The first kappa shape index (κ1) is 19.5. The Hall–Kier alpha value is -0.510. The minimum Gasteiger partial charge on any atom is -0.387 e. The first-order chi connectivity index (χ1) is 10.6. The molecule has 1 rings (SSSR count). The molecule has 1 unspecified atom stereocenters. The number of aliphatic hydroxyl groups is 1. The zero-order valence-electron chi connectivity index (χ0n) is 14.8. The molecular formula is C19H33NOS. The van der Waals surface area contributed by atoms with Crippen LogP contribution in [-0.4, -0.2) is 35.4 Å². The predicted molar refractivity (Wildman–Crippen MR) is 98.8 cm³/mol. The van der Waals surface area contributed by atoms with Crippen LogP contribution < -0.4 is 0 Å². The molecule has 3 heteroatoms. The Balaban J connectivity index is 2.65. The second kappa shape index (κ2) is 11.1. The lowest BCUT2D eigenvalue weighted by atomic mass is 10.1. The molecule has 0 fully saturated rings.